The van der Waals surface area contributed by atoms with E-state index in [0.717, 1.165) is 10.5 Å². The normalized spacial score (nSPS) is 11.7. The lowest BCUT2D eigenvalue weighted by Crippen LogP contribution is -2.30. The van der Waals surface area contributed by atoms with Crippen molar-refractivity contribution in [3.8, 4) is 0 Å². The number of ketones is 1. The number of rotatable bonds is 11. The number of Topliss-reactive ketones (excluding diaryl/α,β-unsaturated/α-hetero) is 1. The van der Waals surface area contributed by atoms with Gasteiger partial charge in [-0.15, -0.1) is 11.8 Å². The number of benzene rings is 5. The first kappa shape index (κ1) is 32.9. The van der Waals surface area contributed by atoms with Crippen LogP contribution < -0.4 is 16.0 Å². The van der Waals surface area contributed by atoms with Gasteiger partial charge in [0, 0.05) is 32.4 Å². The van der Waals surface area contributed by atoms with Crippen LogP contribution in [-0.2, 0) is 9.59 Å². The van der Waals surface area contributed by atoms with Crippen molar-refractivity contribution in [1.82, 2.24) is 5.32 Å². The van der Waals surface area contributed by atoms with E-state index < -0.39 is 17.1 Å². The van der Waals surface area contributed by atoms with Crippen molar-refractivity contribution in [3.63, 3.8) is 0 Å². The molecule has 0 bridgehead atoms. The van der Waals surface area contributed by atoms with Gasteiger partial charge in [0.2, 0.25) is 5.91 Å². The first-order valence-electron chi connectivity index (χ1n) is 14.6. The third-order valence-electron chi connectivity index (χ3n) is 6.95. The van der Waals surface area contributed by atoms with Crippen LogP contribution in [0.1, 0.15) is 44.0 Å². The topological polar surface area (TPSA) is 104 Å². The van der Waals surface area contributed by atoms with Crippen LogP contribution in [0.15, 0.2) is 144 Å². The van der Waals surface area contributed by atoms with E-state index in [-0.39, 0.29) is 17.4 Å². The number of carbonyl (C=O) groups is 4. The van der Waals surface area contributed by atoms with Crippen LogP contribution in [0.4, 0.5) is 11.4 Å². The lowest BCUT2D eigenvalue weighted by atomic mass is 10.1. The van der Waals surface area contributed by atoms with Crippen LogP contribution in [-0.4, -0.2) is 23.5 Å². The Morgan fingerprint density at radius 1 is 0.681 bits per heavy atom. The number of amides is 3. The number of hydrogen-bond donors (Lipinski definition) is 3. The second kappa shape index (κ2) is 15.7. The largest absolute Gasteiger partial charge is 0.325 e. The Morgan fingerprint density at radius 2 is 1.30 bits per heavy atom. The highest BCUT2D eigenvalue weighted by Gasteiger charge is 2.23. The van der Waals surface area contributed by atoms with E-state index in [2.05, 4.69) is 16.0 Å². The number of thioether (sulfide) groups is 1. The van der Waals surface area contributed by atoms with Crippen molar-refractivity contribution < 1.29 is 19.2 Å². The summed E-state index contributed by atoms with van der Waals surface area (Å²) in [5.41, 5.74) is 3.55. The van der Waals surface area contributed by atoms with Gasteiger partial charge in [0.15, 0.2) is 5.78 Å². The van der Waals surface area contributed by atoms with Gasteiger partial charge in [-0.3, -0.25) is 19.2 Å². The number of nitrogens with one attached hydrogen (secondary N) is 3. The maximum atomic E-state index is 13.5. The molecule has 1 atom stereocenters. The minimum absolute atomic E-state index is 0.0386. The fourth-order valence-corrected chi connectivity index (χ4v) is 5.78. The Morgan fingerprint density at radius 3 is 1.94 bits per heavy atom. The van der Waals surface area contributed by atoms with E-state index in [1.165, 1.54) is 18.7 Å². The van der Waals surface area contributed by atoms with Gasteiger partial charge in [-0.05, 0) is 96.9 Å². The molecule has 0 saturated carbocycles. The van der Waals surface area contributed by atoms with Crippen molar-refractivity contribution in [2.45, 2.75) is 17.1 Å². The molecule has 0 saturated heterocycles. The van der Waals surface area contributed by atoms with Crippen molar-refractivity contribution in [2.75, 3.05) is 10.6 Å². The summed E-state index contributed by atoms with van der Waals surface area (Å²) in [4.78, 5) is 52.3. The average Bonchev–Trinajstić information content (AvgIpc) is 3.08. The van der Waals surface area contributed by atoms with Gasteiger partial charge >= 0.3 is 0 Å². The predicted octanol–water partition coefficient (Wildman–Crippen LogP) is 8.42. The molecule has 0 spiro atoms. The van der Waals surface area contributed by atoms with Crippen LogP contribution in [0, 0.1) is 0 Å². The first-order valence-corrected chi connectivity index (χ1v) is 15.9. The van der Waals surface area contributed by atoms with Crippen LogP contribution >= 0.6 is 23.4 Å². The highest BCUT2D eigenvalue weighted by molar-refractivity contribution is 8.00. The van der Waals surface area contributed by atoms with Gasteiger partial charge in [-0.1, -0.05) is 72.3 Å². The molecular weight excluding hydrogens is 630 g/mol. The zero-order chi connectivity index (χ0) is 33.2. The van der Waals surface area contributed by atoms with Crippen molar-refractivity contribution in [1.29, 1.82) is 0 Å². The molecule has 0 heterocycles. The molecule has 0 radical (unpaired) electrons. The molecule has 234 valence electrons. The molecule has 1 unspecified atom stereocenters. The third kappa shape index (κ3) is 9.29. The Balaban J connectivity index is 1.32. The van der Waals surface area contributed by atoms with Gasteiger partial charge in [0.05, 0.1) is 0 Å². The number of hydrogen-bond acceptors (Lipinski definition) is 5. The van der Waals surface area contributed by atoms with E-state index >= 15 is 0 Å². The summed E-state index contributed by atoms with van der Waals surface area (Å²) >= 11 is 7.51. The Bertz CT molecular complexity index is 1910. The maximum Gasteiger partial charge on any atom is 0.272 e. The van der Waals surface area contributed by atoms with E-state index in [1.54, 1.807) is 97.1 Å². The Kier molecular flexibility index (Phi) is 11.0. The van der Waals surface area contributed by atoms with Gasteiger partial charge in [0.1, 0.15) is 10.9 Å². The lowest BCUT2D eigenvalue weighted by Gasteiger charge is -2.18. The highest BCUT2D eigenvalue weighted by Crippen LogP contribution is 2.37. The Hall–Kier alpha value is -5.44. The molecular formula is C38H30ClN3O4S. The van der Waals surface area contributed by atoms with Crippen LogP contribution in [0.5, 0.6) is 0 Å². The number of carbonyl (C=O) groups excluding carboxylic acids is 4. The van der Waals surface area contributed by atoms with Gasteiger partial charge in [-0.25, -0.2) is 0 Å². The molecule has 5 aromatic carbocycles. The zero-order valence-electron chi connectivity index (χ0n) is 25.3. The third-order valence-corrected chi connectivity index (χ3v) is 8.46. The first-order chi connectivity index (χ1) is 22.7. The van der Waals surface area contributed by atoms with E-state index in [9.17, 15) is 19.2 Å². The summed E-state index contributed by atoms with van der Waals surface area (Å²) in [6, 6.07) is 38.8. The summed E-state index contributed by atoms with van der Waals surface area (Å²) in [5.74, 6) is -1.22. The van der Waals surface area contributed by atoms with Gasteiger partial charge in [-0.2, -0.15) is 0 Å². The second-order valence-electron chi connectivity index (χ2n) is 10.4. The summed E-state index contributed by atoms with van der Waals surface area (Å²) in [6.45, 7) is 1.49. The summed E-state index contributed by atoms with van der Waals surface area (Å²) in [6.07, 6.45) is 1.56. The molecule has 47 heavy (non-hydrogen) atoms. The molecule has 0 aromatic heterocycles. The maximum absolute atomic E-state index is 13.5. The molecule has 5 rings (SSSR count). The van der Waals surface area contributed by atoms with E-state index in [4.69, 9.17) is 11.6 Å². The zero-order valence-corrected chi connectivity index (χ0v) is 26.8. The predicted molar refractivity (Wildman–Crippen MR) is 189 cm³/mol. The van der Waals surface area contributed by atoms with Gasteiger partial charge < -0.3 is 16.0 Å². The smallest absolute Gasteiger partial charge is 0.272 e. The Labute approximate surface area is 282 Å². The molecule has 5 aromatic rings. The number of halogens is 1. The highest BCUT2D eigenvalue weighted by atomic mass is 35.5. The van der Waals surface area contributed by atoms with Crippen LogP contribution in [0.25, 0.3) is 6.08 Å². The molecule has 0 aliphatic rings. The lowest BCUT2D eigenvalue weighted by molar-refractivity contribution is -0.116. The van der Waals surface area contributed by atoms with Crippen molar-refractivity contribution in [3.05, 3.63) is 166 Å². The quantitative estimate of drug-likeness (QED) is 0.0750. The number of anilines is 2. The monoisotopic (exact) mass is 659 g/mol. The summed E-state index contributed by atoms with van der Waals surface area (Å²) < 4.78 is 0. The molecule has 0 fully saturated rings. The SMILES string of the molecule is CC(=O)c1ccc(NC(=O)C(Sc2ccc(NC(=O)/C(=C/c3cccc(Cl)c3)NC(=O)c3ccccc3)cc2)c2ccccc2)cc1. The minimum atomic E-state index is -0.579. The van der Waals surface area contributed by atoms with Crippen LogP contribution in [0.3, 0.4) is 0 Å². The molecule has 3 amide bonds. The molecule has 7 nitrogen and oxygen atoms in total. The summed E-state index contributed by atoms with van der Waals surface area (Å²) in [7, 11) is 0. The fraction of sp³-hybridized carbons (Fsp3) is 0.0526. The molecule has 9 heteroatoms. The molecule has 0 aliphatic heterocycles. The average molecular weight is 660 g/mol. The van der Waals surface area contributed by atoms with E-state index in [0.29, 0.717) is 33.1 Å². The van der Waals surface area contributed by atoms with Crippen molar-refractivity contribution in [2.24, 2.45) is 0 Å². The standard InChI is InChI=1S/C38H30ClN3O4S/c1-25(43)27-15-17-31(18-16-27)41-38(46)35(28-10-4-2-5-11-28)47-33-21-19-32(20-22-33)40-37(45)34(24-26-9-8-14-30(39)23-26)42-36(44)29-12-6-3-7-13-29/h2-24,35H,1H3,(H,40,45)(H,41,46)(H,42,44)/b34-24-. The van der Waals surface area contributed by atoms with Gasteiger partial charge in [0.25, 0.3) is 11.8 Å². The van der Waals surface area contributed by atoms with E-state index in [1.807, 2.05) is 42.5 Å². The summed E-state index contributed by atoms with van der Waals surface area (Å²) in [5, 5.41) is 8.43. The molecule has 3 N–H and O–H groups in total. The van der Waals surface area contributed by atoms with Crippen molar-refractivity contribution >= 4 is 64.3 Å². The minimum Gasteiger partial charge on any atom is -0.325 e. The second-order valence-corrected chi connectivity index (χ2v) is 12.1. The molecule has 0 aliphatic carbocycles. The van der Waals surface area contributed by atoms with Crippen LogP contribution in [0.2, 0.25) is 5.02 Å². The fourth-order valence-electron chi connectivity index (χ4n) is 4.55.